The van der Waals surface area contributed by atoms with Gasteiger partial charge >= 0.3 is 0 Å². The SMILES string of the molecule is c1ccc(-n2c3ccccc3c3cc4c5cc(-c6ccc7c(c6)c6ccccc6n7-c6cccc(C(c7ccccc7)(c7ccccc7)c7ccccc7)c6)ccc5n(-c5ccccc5)c4cc32)cc1. The third-order valence-electron chi connectivity index (χ3n) is 14.8. The van der Waals surface area contributed by atoms with Crippen LogP contribution in [0.2, 0.25) is 0 Å². The van der Waals surface area contributed by atoms with Crippen LogP contribution in [0.25, 0.3) is 93.6 Å². The van der Waals surface area contributed by atoms with Gasteiger partial charge in [-0.2, -0.15) is 0 Å². The number of hydrogen-bond acceptors (Lipinski definition) is 0. The highest BCUT2D eigenvalue weighted by atomic mass is 15.0. The van der Waals surface area contributed by atoms with E-state index in [2.05, 4.69) is 287 Å². The Bertz CT molecular complexity index is 4160. The second-order valence-corrected chi connectivity index (χ2v) is 18.5. The average Bonchev–Trinajstić information content (AvgIpc) is 4.06. The topological polar surface area (TPSA) is 14.8 Å². The maximum atomic E-state index is 2.46. The fraction of sp³-hybridized carbons (Fsp3) is 0.0149. The number of nitrogens with zero attached hydrogens (tertiary/aromatic N) is 3. The second kappa shape index (κ2) is 16.0. The molecule has 0 aliphatic carbocycles. The third kappa shape index (κ3) is 6.01. The van der Waals surface area contributed by atoms with Gasteiger partial charge in [0, 0.05) is 49.4 Å². The molecule has 14 rings (SSSR count). The van der Waals surface area contributed by atoms with E-state index in [4.69, 9.17) is 0 Å². The highest BCUT2D eigenvalue weighted by Crippen LogP contribution is 2.47. The Hall–Kier alpha value is -9.18. The van der Waals surface area contributed by atoms with Gasteiger partial charge in [0.05, 0.1) is 38.5 Å². The van der Waals surface area contributed by atoms with Crippen LogP contribution in [0.1, 0.15) is 22.3 Å². The summed E-state index contributed by atoms with van der Waals surface area (Å²) in [6.45, 7) is 0. The lowest BCUT2D eigenvalue weighted by Gasteiger charge is -2.37. The Kier molecular flexibility index (Phi) is 9.11. The van der Waals surface area contributed by atoms with Crippen molar-refractivity contribution in [2.45, 2.75) is 5.41 Å². The Morgan fingerprint density at radius 2 is 0.543 bits per heavy atom. The van der Waals surface area contributed by atoms with E-state index in [1.54, 1.807) is 0 Å². The summed E-state index contributed by atoms with van der Waals surface area (Å²) in [5, 5.41) is 7.41. The molecule has 3 aromatic heterocycles. The largest absolute Gasteiger partial charge is 0.309 e. The van der Waals surface area contributed by atoms with Gasteiger partial charge in [0.2, 0.25) is 0 Å². The number of fused-ring (bicyclic) bond motifs is 9. The zero-order chi connectivity index (χ0) is 46.2. The van der Waals surface area contributed by atoms with Crippen molar-refractivity contribution in [3.05, 3.63) is 295 Å². The zero-order valence-electron chi connectivity index (χ0n) is 38.3. The maximum Gasteiger partial charge on any atom is 0.0702 e. The van der Waals surface area contributed by atoms with Crippen molar-refractivity contribution in [3.63, 3.8) is 0 Å². The molecule has 3 nitrogen and oxygen atoms in total. The van der Waals surface area contributed by atoms with E-state index in [-0.39, 0.29) is 0 Å². The summed E-state index contributed by atoms with van der Waals surface area (Å²) in [5.41, 5.74) is 17.2. The predicted molar refractivity (Wildman–Crippen MR) is 293 cm³/mol. The van der Waals surface area contributed by atoms with E-state index >= 15 is 0 Å². The molecule has 3 heterocycles. The lowest BCUT2D eigenvalue weighted by molar-refractivity contribution is 0.744. The molecule has 3 heteroatoms. The minimum absolute atomic E-state index is 0.557. The molecule has 328 valence electrons. The summed E-state index contributed by atoms with van der Waals surface area (Å²) >= 11 is 0. The van der Waals surface area contributed by atoms with Crippen molar-refractivity contribution in [1.29, 1.82) is 0 Å². The van der Waals surface area contributed by atoms with E-state index in [1.807, 2.05) is 0 Å². The first-order chi connectivity index (χ1) is 34.7. The molecule has 0 amide bonds. The number of benzene rings is 11. The fourth-order valence-electron chi connectivity index (χ4n) is 11.7. The van der Waals surface area contributed by atoms with Crippen LogP contribution in [0.15, 0.2) is 273 Å². The first-order valence-electron chi connectivity index (χ1n) is 24.2. The minimum atomic E-state index is -0.557. The molecule has 0 atom stereocenters. The van der Waals surface area contributed by atoms with Crippen molar-refractivity contribution >= 4 is 65.4 Å². The van der Waals surface area contributed by atoms with Gasteiger partial charge in [-0.1, -0.05) is 188 Å². The summed E-state index contributed by atoms with van der Waals surface area (Å²) in [4.78, 5) is 0. The number of para-hydroxylation sites is 4. The summed E-state index contributed by atoms with van der Waals surface area (Å²) < 4.78 is 7.31. The summed E-state index contributed by atoms with van der Waals surface area (Å²) in [5.74, 6) is 0. The second-order valence-electron chi connectivity index (χ2n) is 18.5. The fourth-order valence-corrected chi connectivity index (χ4v) is 11.7. The molecule has 0 bridgehead atoms. The van der Waals surface area contributed by atoms with Gasteiger partial charge in [-0.25, -0.2) is 0 Å². The van der Waals surface area contributed by atoms with Gasteiger partial charge in [-0.15, -0.1) is 0 Å². The molecule has 0 N–H and O–H groups in total. The molecule has 70 heavy (non-hydrogen) atoms. The smallest absolute Gasteiger partial charge is 0.0702 e. The van der Waals surface area contributed by atoms with Gasteiger partial charge in [0.25, 0.3) is 0 Å². The minimum Gasteiger partial charge on any atom is -0.309 e. The molecule has 0 aliphatic rings. The molecule has 0 saturated heterocycles. The van der Waals surface area contributed by atoms with Gasteiger partial charge in [-0.05, 0) is 118 Å². The van der Waals surface area contributed by atoms with Crippen LogP contribution in [0.5, 0.6) is 0 Å². The maximum absolute atomic E-state index is 2.46. The van der Waals surface area contributed by atoms with E-state index in [9.17, 15) is 0 Å². The zero-order valence-corrected chi connectivity index (χ0v) is 38.3. The molecule has 0 fully saturated rings. The number of hydrogen-bond donors (Lipinski definition) is 0. The summed E-state index contributed by atoms with van der Waals surface area (Å²) in [6, 6.07) is 100. The van der Waals surface area contributed by atoms with Crippen molar-refractivity contribution < 1.29 is 0 Å². The highest BCUT2D eigenvalue weighted by Gasteiger charge is 2.38. The first-order valence-corrected chi connectivity index (χ1v) is 24.2. The van der Waals surface area contributed by atoms with Gasteiger partial charge in [0.15, 0.2) is 0 Å². The Morgan fingerprint density at radius 3 is 1.03 bits per heavy atom. The molecule has 14 aromatic rings. The van der Waals surface area contributed by atoms with Gasteiger partial charge in [-0.3, -0.25) is 0 Å². The first kappa shape index (κ1) is 39.9. The van der Waals surface area contributed by atoms with E-state index in [0.717, 1.165) is 17.1 Å². The molecule has 0 saturated carbocycles. The standard InChI is InChI=1S/C67H45N3/c1-6-21-48(22-7-1)67(49-23-8-2-9-24-49,50-25-10-3-11-26-50)51-27-20-32-54(43-51)70-62-36-19-16-33-55(62)57-41-46(37-39-63(57)70)47-38-40-64-58(42-47)60-44-59-56-34-17-18-35-61(56)68(52-28-12-4-13-29-52)65(59)45-66(60)69(64)53-30-14-5-15-31-53/h1-45H. The Balaban J connectivity index is 0.964. The van der Waals surface area contributed by atoms with Crippen LogP contribution in [0.4, 0.5) is 0 Å². The molecule has 11 aromatic carbocycles. The lowest BCUT2D eigenvalue weighted by atomic mass is 9.65. The molecular weight excluding hydrogens is 847 g/mol. The highest BCUT2D eigenvalue weighted by molar-refractivity contribution is 6.20. The molecule has 0 spiro atoms. The number of aromatic nitrogens is 3. The van der Waals surface area contributed by atoms with Crippen molar-refractivity contribution in [1.82, 2.24) is 13.7 Å². The van der Waals surface area contributed by atoms with Crippen LogP contribution < -0.4 is 0 Å². The monoisotopic (exact) mass is 891 g/mol. The number of rotatable bonds is 8. The average molecular weight is 892 g/mol. The third-order valence-corrected chi connectivity index (χ3v) is 14.8. The van der Waals surface area contributed by atoms with Crippen LogP contribution in [0.3, 0.4) is 0 Å². The Morgan fingerprint density at radius 1 is 0.200 bits per heavy atom. The van der Waals surface area contributed by atoms with Crippen LogP contribution in [-0.4, -0.2) is 13.7 Å². The van der Waals surface area contributed by atoms with Crippen molar-refractivity contribution in [3.8, 4) is 28.2 Å². The van der Waals surface area contributed by atoms with Gasteiger partial charge in [0.1, 0.15) is 0 Å². The molecule has 0 unspecified atom stereocenters. The van der Waals surface area contributed by atoms with E-state index in [1.165, 1.54) is 98.8 Å². The van der Waals surface area contributed by atoms with Crippen molar-refractivity contribution in [2.75, 3.05) is 0 Å². The van der Waals surface area contributed by atoms with E-state index < -0.39 is 5.41 Å². The van der Waals surface area contributed by atoms with Crippen LogP contribution in [-0.2, 0) is 5.41 Å². The summed E-state index contributed by atoms with van der Waals surface area (Å²) in [6.07, 6.45) is 0. The quantitative estimate of drug-likeness (QED) is 0.135. The Labute approximate surface area is 406 Å². The molecular formula is C67H45N3. The van der Waals surface area contributed by atoms with Crippen LogP contribution >= 0.6 is 0 Å². The van der Waals surface area contributed by atoms with Crippen LogP contribution in [0, 0.1) is 0 Å². The van der Waals surface area contributed by atoms with Gasteiger partial charge < -0.3 is 13.7 Å². The molecule has 0 radical (unpaired) electrons. The van der Waals surface area contributed by atoms with Crippen molar-refractivity contribution in [2.24, 2.45) is 0 Å². The van der Waals surface area contributed by atoms with E-state index in [0.29, 0.717) is 0 Å². The molecule has 0 aliphatic heterocycles. The predicted octanol–water partition coefficient (Wildman–Crippen LogP) is 17.0. The summed E-state index contributed by atoms with van der Waals surface area (Å²) in [7, 11) is 0. The lowest BCUT2D eigenvalue weighted by Crippen LogP contribution is -2.31. The normalized spacial score (nSPS) is 12.0.